The minimum atomic E-state index is -0.206. The Kier molecular flexibility index (Phi) is 7.58. The first-order valence-corrected chi connectivity index (χ1v) is 9.59. The fourth-order valence-corrected chi connectivity index (χ4v) is 3.83. The van der Waals surface area contributed by atoms with Crippen LogP contribution in [0.15, 0.2) is 11.6 Å². The summed E-state index contributed by atoms with van der Waals surface area (Å²) in [5.41, 5.74) is 1.26. The van der Waals surface area contributed by atoms with Crippen molar-refractivity contribution in [2.45, 2.75) is 89.9 Å². The van der Waals surface area contributed by atoms with Gasteiger partial charge < -0.3 is 14.4 Å². The van der Waals surface area contributed by atoms with Crippen LogP contribution in [0.5, 0.6) is 0 Å². The average molecular weight is 324 g/mol. The van der Waals surface area contributed by atoms with E-state index in [0.29, 0.717) is 6.61 Å². The van der Waals surface area contributed by atoms with Gasteiger partial charge in [0, 0.05) is 12.6 Å². The zero-order chi connectivity index (χ0) is 16.7. The van der Waals surface area contributed by atoms with Crippen LogP contribution in [0.2, 0.25) is 0 Å². The van der Waals surface area contributed by atoms with Gasteiger partial charge in [-0.1, -0.05) is 30.9 Å². The summed E-state index contributed by atoms with van der Waals surface area (Å²) < 4.78 is 12.2. The maximum Gasteiger partial charge on any atom is 0.0867 e. The molecule has 2 aliphatic carbocycles. The van der Waals surface area contributed by atoms with Crippen molar-refractivity contribution in [1.29, 1.82) is 0 Å². The predicted octanol–water partition coefficient (Wildman–Crippen LogP) is 4.56. The Hall–Kier alpha value is -0.380. The van der Waals surface area contributed by atoms with E-state index in [9.17, 15) is 0 Å². The lowest BCUT2D eigenvalue weighted by Gasteiger charge is -2.33. The van der Waals surface area contributed by atoms with Gasteiger partial charge in [0.15, 0.2) is 0 Å². The largest absolute Gasteiger partial charge is 0.377 e. The van der Waals surface area contributed by atoms with Crippen LogP contribution >= 0.6 is 0 Å². The molecule has 23 heavy (non-hydrogen) atoms. The first-order valence-electron chi connectivity index (χ1n) is 9.59. The maximum absolute atomic E-state index is 6.26. The summed E-state index contributed by atoms with van der Waals surface area (Å²) in [5.74, 6) is 0. The summed E-state index contributed by atoms with van der Waals surface area (Å²) in [6, 6.07) is 0.770. The molecule has 2 rings (SSSR count). The lowest BCUT2D eigenvalue weighted by Crippen LogP contribution is -2.38. The average Bonchev–Trinajstić information content (AvgIpc) is 2.52. The topological polar surface area (TPSA) is 21.7 Å². The van der Waals surface area contributed by atoms with Gasteiger partial charge in [0.1, 0.15) is 0 Å². The number of likely N-dealkylation sites (N-methyl/N-ethyl adjacent to an activating group) is 1. The highest BCUT2D eigenvalue weighted by Gasteiger charge is 2.25. The Bertz CT molecular complexity index is 372. The van der Waals surface area contributed by atoms with E-state index in [4.69, 9.17) is 9.47 Å². The molecule has 1 unspecified atom stereocenters. The van der Waals surface area contributed by atoms with E-state index in [0.717, 1.165) is 25.6 Å². The van der Waals surface area contributed by atoms with Crippen molar-refractivity contribution in [3.63, 3.8) is 0 Å². The Labute approximate surface area is 143 Å². The SMILES string of the molecule is CC1=CC(OC(C)(C)COCCN(C)C2CCCCC2)CCC1. The van der Waals surface area contributed by atoms with Crippen LogP contribution in [-0.2, 0) is 9.47 Å². The first-order chi connectivity index (χ1) is 11.0. The Morgan fingerprint density at radius 3 is 2.57 bits per heavy atom. The van der Waals surface area contributed by atoms with Crippen LogP contribution in [0, 0.1) is 0 Å². The van der Waals surface area contributed by atoms with Crippen LogP contribution in [-0.4, -0.2) is 49.5 Å². The monoisotopic (exact) mass is 323 g/mol. The van der Waals surface area contributed by atoms with Gasteiger partial charge in [0.25, 0.3) is 0 Å². The summed E-state index contributed by atoms with van der Waals surface area (Å²) in [5, 5.41) is 0. The van der Waals surface area contributed by atoms with E-state index in [1.165, 1.54) is 50.5 Å². The second kappa shape index (κ2) is 9.19. The molecule has 0 spiro atoms. The smallest absolute Gasteiger partial charge is 0.0867 e. The molecule has 0 heterocycles. The van der Waals surface area contributed by atoms with Gasteiger partial charge in [-0.2, -0.15) is 0 Å². The second-order valence-electron chi connectivity index (χ2n) is 8.15. The number of ether oxygens (including phenoxy) is 2. The second-order valence-corrected chi connectivity index (χ2v) is 8.15. The van der Waals surface area contributed by atoms with Gasteiger partial charge in [-0.3, -0.25) is 0 Å². The minimum Gasteiger partial charge on any atom is -0.377 e. The molecule has 0 amide bonds. The standard InChI is InChI=1S/C20H37NO2/c1-17-9-8-12-19(15-17)23-20(2,3)16-22-14-13-21(4)18-10-6-5-7-11-18/h15,18-19H,5-14,16H2,1-4H3. The summed E-state index contributed by atoms with van der Waals surface area (Å²) in [4.78, 5) is 2.49. The molecule has 0 saturated heterocycles. The van der Waals surface area contributed by atoms with Gasteiger partial charge in [0.2, 0.25) is 0 Å². The van der Waals surface area contributed by atoms with Crippen molar-refractivity contribution >= 4 is 0 Å². The molecule has 0 aromatic carbocycles. The number of hydrogen-bond donors (Lipinski definition) is 0. The quantitative estimate of drug-likeness (QED) is 0.483. The lowest BCUT2D eigenvalue weighted by atomic mass is 9.94. The number of allylic oxidation sites excluding steroid dienone is 1. The van der Waals surface area contributed by atoms with E-state index >= 15 is 0 Å². The van der Waals surface area contributed by atoms with Crippen LogP contribution in [0.4, 0.5) is 0 Å². The molecule has 0 aliphatic heterocycles. The zero-order valence-corrected chi connectivity index (χ0v) is 15.8. The van der Waals surface area contributed by atoms with E-state index in [1.807, 2.05) is 0 Å². The Balaban J connectivity index is 1.63. The van der Waals surface area contributed by atoms with Crippen molar-refractivity contribution in [1.82, 2.24) is 4.90 Å². The molecule has 2 aliphatic rings. The third kappa shape index (κ3) is 6.94. The summed E-state index contributed by atoms with van der Waals surface area (Å²) in [6.07, 6.45) is 13.1. The van der Waals surface area contributed by atoms with Gasteiger partial charge in [0.05, 0.1) is 24.9 Å². The summed E-state index contributed by atoms with van der Waals surface area (Å²) in [6.45, 7) is 9.02. The highest BCUT2D eigenvalue weighted by Crippen LogP contribution is 2.24. The van der Waals surface area contributed by atoms with Gasteiger partial charge >= 0.3 is 0 Å². The van der Waals surface area contributed by atoms with Crippen molar-refractivity contribution in [3.8, 4) is 0 Å². The molecule has 0 radical (unpaired) electrons. The van der Waals surface area contributed by atoms with E-state index in [2.05, 4.69) is 38.8 Å². The van der Waals surface area contributed by atoms with Gasteiger partial charge in [-0.15, -0.1) is 0 Å². The molecule has 134 valence electrons. The van der Waals surface area contributed by atoms with E-state index < -0.39 is 0 Å². The molecular weight excluding hydrogens is 286 g/mol. The first kappa shape index (κ1) is 19.0. The number of nitrogens with zero attached hydrogens (tertiary/aromatic N) is 1. The van der Waals surface area contributed by atoms with Crippen LogP contribution in [0.3, 0.4) is 0 Å². The van der Waals surface area contributed by atoms with E-state index in [1.54, 1.807) is 0 Å². The molecule has 3 heteroatoms. The normalized spacial score (nSPS) is 24.0. The fraction of sp³-hybridized carbons (Fsp3) is 0.900. The third-order valence-electron chi connectivity index (χ3n) is 5.24. The fourth-order valence-electron chi connectivity index (χ4n) is 3.83. The van der Waals surface area contributed by atoms with Crippen LogP contribution < -0.4 is 0 Å². The predicted molar refractivity (Wildman–Crippen MR) is 96.9 cm³/mol. The molecule has 0 bridgehead atoms. The third-order valence-corrected chi connectivity index (χ3v) is 5.24. The zero-order valence-electron chi connectivity index (χ0n) is 15.8. The number of rotatable bonds is 8. The minimum absolute atomic E-state index is 0.206. The number of hydrogen-bond acceptors (Lipinski definition) is 3. The molecule has 0 N–H and O–H groups in total. The molecule has 1 atom stereocenters. The molecule has 1 saturated carbocycles. The Morgan fingerprint density at radius 1 is 1.13 bits per heavy atom. The van der Waals surface area contributed by atoms with Crippen molar-refractivity contribution in [2.75, 3.05) is 26.8 Å². The highest BCUT2D eigenvalue weighted by atomic mass is 16.5. The molecule has 0 aromatic rings. The molecule has 3 nitrogen and oxygen atoms in total. The van der Waals surface area contributed by atoms with Crippen molar-refractivity contribution < 1.29 is 9.47 Å². The lowest BCUT2D eigenvalue weighted by molar-refractivity contribution is -0.103. The maximum atomic E-state index is 6.26. The van der Waals surface area contributed by atoms with Crippen molar-refractivity contribution in [2.24, 2.45) is 0 Å². The van der Waals surface area contributed by atoms with Crippen LogP contribution in [0.25, 0.3) is 0 Å². The Morgan fingerprint density at radius 2 is 1.87 bits per heavy atom. The molecule has 0 aromatic heterocycles. The molecule has 1 fully saturated rings. The highest BCUT2D eigenvalue weighted by molar-refractivity contribution is 5.06. The van der Waals surface area contributed by atoms with Crippen molar-refractivity contribution in [3.05, 3.63) is 11.6 Å². The van der Waals surface area contributed by atoms with Gasteiger partial charge in [-0.05, 0) is 59.9 Å². The molecular formula is C20H37NO2. The summed E-state index contributed by atoms with van der Waals surface area (Å²) in [7, 11) is 2.25. The van der Waals surface area contributed by atoms with Gasteiger partial charge in [-0.25, -0.2) is 0 Å². The van der Waals surface area contributed by atoms with E-state index in [-0.39, 0.29) is 11.7 Å². The van der Waals surface area contributed by atoms with Crippen LogP contribution in [0.1, 0.15) is 72.1 Å². The summed E-state index contributed by atoms with van der Waals surface area (Å²) >= 11 is 0.